The number of nitrogens with zero attached hydrogens (tertiary/aromatic N) is 1. The SMILES string of the molecule is CC(=O)NCCCCCCC(=O)N1CCCOCC1. The minimum Gasteiger partial charge on any atom is -0.380 e. The van der Waals surface area contributed by atoms with E-state index in [1.165, 1.54) is 6.92 Å². The lowest BCUT2D eigenvalue weighted by Crippen LogP contribution is -2.32. The Morgan fingerprint density at radius 2 is 1.89 bits per heavy atom. The molecular formula is C14H26N2O3. The number of amides is 2. The second-order valence-corrected chi connectivity index (χ2v) is 4.99. The number of hydrogen-bond donors (Lipinski definition) is 1. The van der Waals surface area contributed by atoms with E-state index in [1.807, 2.05) is 4.90 Å². The van der Waals surface area contributed by atoms with Crippen molar-refractivity contribution in [3.63, 3.8) is 0 Å². The summed E-state index contributed by atoms with van der Waals surface area (Å²) in [6.07, 6.45) is 5.64. The molecule has 5 nitrogen and oxygen atoms in total. The van der Waals surface area contributed by atoms with Crippen LogP contribution in [0, 0.1) is 0 Å². The van der Waals surface area contributed by atoms with Crippen LogP contribution >= 0.6 is 0 Å². The summed E-state index contributed by atoms with van der Waals surface area (Å²) in [6.45, 7) is 5.29. The monoisotopic (exact) mass is 270 g/mol. The van der Waals surface area contributed by atoms with Gasteiger partial charge in [-0.25, -0.2) is 0 Å². The van der Waals surface area contributed by atoms with Crippen LogP contribution in [0.15, 0.2) is 0 Å². The molecule has 1 N–H and O–H groups in total. The molecule has 0 aromatic carbocycles. The highest BCUT2D eigenvalue weighted by Gasteiger charge is 2.14. The predicted molar refractivity (Wildman–Crippen MR) is 73.8 cm³/mol. The number of nitrogens with one attached hydrogen (secondary N) is 1. The molecule has 0 unspecified atom stereocenters. The van der Waals surface area contributed by atoms with Gasteiger partial charge in [0.25, 0.3) is 0 Å². The van der Waals surface area contributed by atoms with Crippen molar-refractivity contribution in [2.45, 2.75) is 45.4 Å². The van der Waals surface area contributed by atoms with Gasteiger partial charge >= 0.3 is 0 Å². The van der Waals surface area contributed by atoms with Crippen LogP contribution < -0.4 is 5.32 Å². The fourth-order valence-corrected chi connectivity index (χ4v) is 2.17. The molecular weight excluding hydrogens is 244 g/mol. The second-order valence-electron chi connectivity index (χ2n) is 4.99. The van der Waals surface area contributed by atoms with Gasteiger partial charge in [0.1, 0.15) is 0 Å². The van der Waals surface area contributed by atoms with Crippen LogP contribution in [-0.2, 0) is 14.3 Å². The zero-order chi connectivity index (χ0) is 13.9. The van der Waals surface area contributed by atoms with Gasteiger partial charge in [0.15, 0.2) is 0 Å². The van der Waals surface area contributed by atoms with E-state index in [9.17, 15) is 9.59 Å². The van der Waals surface area contributed by atoms with Crippen LogP contribution in [-0.4, -0.2) is 49.6 Å². The molecule has 0 radical (unpaired) electrons. The van der Waals surface area contributed by atoms with E-state index in [2.05, 4.69) is 5.32 Å². The number of unbranched alkanes of at least 4 members (excludes halogenated alkanes) is 3. The van der Waals surface area contributed by atoms with E-state index < -0.39 is 0 Å². The molecule has 0 atom stereocenters. The summed E-state index contributed by atoms with van der Waals surface area (Å²) in [4.78, 5) is 24.5. The molecule has 1 fully saturated rings. The molecule has 5 heteroatoms. The second kappa shape index (κ2) is 9.78. The third-order valence-corrected chi connectivity index (χ3v) is 3.27. The molecule has 0 aromatic heterocycles. The van der Waals surface area contributed by atoms with Gasteiger partial charge in [0.2, 0.25) is 11.8 Å². The number of carbonyl (C=O) groups is 2. The first-order valence-corrected chi connectivity index (χ1v) is 7.30. The van der Waals surface area contributed by atoms with Crippen molar-refractivity contribution < 1.29 is 14.3 Å². The van der Waals surface area contributed by atoms with Crippen LogP contribution in [0.2, 0.25) is 0 Å². The Bertz CT molecular complexity index is 274. The third kappa shape index (κ3) is 7.82. The summed E-state index contributed by atoms with van der Waals surface area (Å²) in [6, 6.07) is 0. The van der Waals surface area contributed by atoms with Crippen molar-refractivity contribution >= 4 is 11.8 Å². The zero-order valence-electron chi connectivity index (χ0n) is 12.0. The number of hydrogen-bond acceptors (Lipinski definition) is 3. The standard InChI is InChI=1S/C14H26N2O3/c1-13(17)15-8-5-3-2-4-7-14(18)16-9-6-11-19-12-10-16/h2-12H2,1H3,(H,15,17). The summed E-state index contributed by atoms with van der Waals surface area (Å²) >= 11 is 0. The van der Waals surface area contributed by atoms with Gasteiger partial charge in [-0.2, -0.15) is 0 Å². The molecule has 0 aromatic rings. The highest BCUT2D eigenvalue weighted by molar-refractivity contribution is 5.76. The van der Waals surface area contributed by atoms with Gasteiger partial charge in [-0.05, 0) is 19.3 Å². The number of rotatable bonds is 7. The smallest absolute Gasteiger partial charge is 0.222 e. The summed E-state index contributed by atoms with van der Waals surface area (Å²) < 4.78 is 5.34. The maximum atomic E-state index is 11.9. The lowest BCUT2D eigenvalue weighted by atomic mass is 10.1. The van der Waals surface area contributed by atoms with Crippen molar-refractivity contribution in [1.82, 2.24) is 10.2 Å². The summed E-state index contributed by atoms with van der Waals surface area (Å²) in [5.41, 5.74) is 0. The van der Waals surface area contributed by atoms with Gasteiger partial charge < -0.3 is 15.0 Å². The Morgan fingerprint density at radius 3 is 2.68 bits per heavy atom. The summed E-state index contributed by atoms with van der Waals surface area (Å²) in [5, 5.41) is 2.78. The third-order valence-electron chi connectivity index (χ3n) is 3.27. The largest absolute Gasteiger partial charge is 0.380 e. The fourth-order valence-electron chi connectivity index (χ4n) is 2.17. The average molecular weight is 270 g/mol. The summed E-state index contributed by atoms with van der Waals surface area (Å²) in [5.74, 6) is 0.283. The van der Waals surface area contributed by atoms with Crippen molar-refractivity contribution in [3.05, 3.63) is 0 Å². The maximum Gasteiger partial charge on any atom is 0.222 e. The van der Waals surface area contributed by atoms with Crippen molar-refractivity contribution in [2.24, 2.45) is 0 Å². The van der Waals surface area contributed by atoms with Crippen LogP contribution in [0.25, 0.3) is 0 Å². The Kier molecular flexibility index (Phi) is 8.21. The molecule has 0 spiro atoms. The average Bonchev–Trinajstić information content (AvgIpc) is 2.66. The molecule has 1 aliphatic heterocycles. The van der Waals surface area contributed by atoms with Crippen molar-refractivity contribution in [1.29, 1.82) is 0 Å². The highest BCUT2D eigenvalue weighted by Crippen LogP contribution is 2.07. The lowest BCUT2D eigenvalue weighted by Gasteiger charge is -2.19. The molecule has 110 valence electrons. The van der Waals surface area contributed by atoms with Crippen LogP contribution in [0.3, 0.4) is 0 Å². The van der Waals surface area contributed by atoms with Crippen LogP contribution in [0.1, 0.15) is 45.4 Å². The minimum absolute atomic E-state index is 0.0264. The van der Waals surface area contributed by atoms with Gasteiger partial charge in [0, 0.05) is 39.6 Å². The quantitative estimate of drug-likeness (QED) is 0.710. The normalized spacial score (nSPS) is 15.9. The fraction of sp³-hybridized carbons (Fsp3) is 0.857. The first-order valence-electron chi connectivity index (χ1n) is 7.30. The van der Waals surface area contributed by atoms with E-state index in [1.54, 1.807) is 0 Å². The van der Waals surface area contributed by atoms with E-state index in [-0.39, 0.29) is 11.8 Å². The lowest BCUT2D eigenvalue weighted by molar-refractivity contribution is -0.131. The maximum absolute atomic E-state index is 11.9. The molecule has 0 aliphatic carbocycles. The van der Waals surface area contributed by atoms with Gasteiger partial charge in [-0.15, -0.1) is 0 Å². The zero-order valence-corrected chi connectivity index (χ0v) is 12.0. The van der Waals surface area contributed by atoms with E-state index in [4.69, 9.17) is 4.74 Å². The Morgan fingerprint density at radius 1 is 1.11 bits per heavy atom. The molecule has 0 saturated carbocycles. The van der Waals surface area contributed by atoms with Crippen LogP contribution in [0.5, 0.6) is 0 Å². The van der Waals surface area contributed by atoms with Gasteiger partial charge in [-0.1, -0.05) is 12.8 Å². The minimum atomic E-state index is 0.0264. The van der Waals surface area contributed by atoms with Crippen molar-refractivity contribution in [2.75, 3.05) is 32.8 Å². The summed E-state index contributed by atoms with van der Waals surface area (Å²) in [7, 11) is 0. The van der Waals surface area contributed by atoms with Crippen molar-refractivity contribution in [3.8, 4) is 0 Å². The molecule has 1 saturated heterocycles. The predicted octanol–water partition coefficient (Wildman–Crippen LogP) is 1.32. The molecule has 1 rings (SSSR count). The Labute approximate surface area is 115 Å². The van der Waals surface area contributed by atoms with E-state index in [0.29, 0.717) is 13.0 Å². The topological polar surface area (TPSA) is 58.6 Å². The van der Waals surface area contributed by atoms with Gasteiger partial charge in [0.05, 0.1) is 6.61 Å². The van der Waals surface area contributed by atoms with E-state index in [0.717, 1.165) is 58.3 Å². The van der Waals surface area contributed by atoms with Crippen LogP contribution in [0.4, 0.5) is 0 Å². The van der Waals surface area contributed by atoms with E-state index >= 15 is 0 Å². The molecule has 19 heavy (non-hydrogen) atoms. The van der Waals surface area contributed by atoms with Gasteiger partial charge in [-0.3, -0.25) is 9.59 Å². The highest BCUT2D eigenvalue weighted by atomic mass is 16.5. The molecule has 1 heterocycles. The number of carbonyl (C=O) groups excluding carboxylic acids is 2. The first-order chi connectivity index (χ1) is 9.20. The first kappa shape index (κ1) is 16.0. The Balaban J connectivity index is 1.99. The molecule has 2 amide bonds. The Hall–Kier alpha value is -1.10. The molecule has 0 bridgehead atoms. The number of ether oxygens (including phenoxy) is 1. The molecule has 1 aliphatic rings.